The first-order valence-corrected chi connectivity index (χ1v) is 8.19. The number of aromatic nitrogens is 2. The Kier molecular flexibility index (Phi) is 4.27. The molecule has 2 rings (SSSR count). The zero-order chi connectivity index (χ0) is 13.9. The van der Waals surface area contributed by atoms with Crippen LogP contribution in [-0.2, 0) is 16.4 Å². The summed E-state index contributed by atoms with van der Waals surface area (Å²) in [5, 5.41) is 4.82. The van der Waals surface area contributed by atoms with Crippen LogP contribution in [0.1, 0.15) is 6.92 Å². The number of halogens is 1. The maximum Gasteiger partial charge on any atom is 0.151 e. The summed E-state index contributed by atoms with van der Waals surface area (Å²) < 4.78 is 24.5. The van der Waals surface area contributed by atoms with Crippen LogP contribution in [0.25, 0.3) is 11.1 Å². The predicted molar refractivity (Wildman–Crippen MR) is 77.0 cm³/mol. The molecule has 0 aliphatic heterocycles. The summed E-state index contributed by atoms with van der Waals surface area (Å²) in [5.74, 6) is 0.263. The zero-order valence-electron chi connectivity index (χ0n) is 10.6. The number of benzene rings is 1. The molecule has 2 aromatic rings. The molecule has 4 nitrogen and oxygen atoms in total. The molecule has 0 amide bonds. The summed E-state index contributed by atoms with van der Waals surface area (Å²) in [6, 6.07) is 7.49. The van der Waals surface area contributed by atoms with Crippen LogP contribution in [0, 0.1) is 0 Å². The van der Waals surface area contributed by atoms with Gasteiger partial charge in [-0.3, -0.25) is 4.68 Å². The molecule has 0 radical (unpaired) electrons. The quantitative estimate of drug-likeness (QED) is 0.852. The molecule has 1 aromatic heterocycles. The molecule has 0 aliphatic rings. The minimum Gasteiger partial charge on any atom is -0.271 e. The first-order valence-electron chi connectivity index (χ1n) is 5.99. The molecular formula is C13H15ClN2O2S. The third-order valence-corrected chi connectivity index (χ3v) is 4.90. The standard InChI is InChI=1S/C13H15ClN2O2S/c1-2-19(17,18)8-7-16-10-11(9-15-16)12-5-3-4-6-13(12)14/h3-6,9-10H,2,7-8H2,1H3. The van der Waals surface area contributed by atoms with Gasteiger partial charge in [-0.05, 0) is 6.07 Å². The van der Waals surface area contributed by atoms with Crippen LogP contribution in [0.2, 0.25) is 5.02 Å². The summed E-state index contributed by atoms with van der Waals surface area (Å²) in [6.45, 7) is 2.01. The average Bonchev–Trinajstić information content (AvgIpc) is 2.86. The highest BCUT2D eigenvalue weighted by Gasteiger charge is 2.09. The van der Waals surface area contributed by atoms with Gasteiger partial charge in [0.15, 0.2) is 9.84 Å². The van der Waals surface area contributed by atoms with E-state index in [2.05, 4.69) is 5.10 Å². The second-order valence-electron chi connectivity index (χ2n) is 4.21. The van der Waals surface area contributed by atoms with E-state index in [0.717, 1.165) is 11.1 Å². The first kappa shape index (κ1) is 14.1. The van der Waals surface area contributed by atoms with Crippen LogP contribution in [0.5, 0.6) is 0 Å². The number of rotatable bonds is 5. The number of sulfone groups is 1. The van der Waals surface area contributed by atoms with E-state index in [4.69, 9.17) is 11.6 Å². The Balaban J connectivity index is 2.14. The van der Waals surface area contributed by atoms with Gasteiger partial charge in [0.1, 0.15) is 0 Å². The van der Waals surface area contributed by atoms with E-state index in [-0.39, 0.29) is 11.5 Å². The monoisotopic (exact) mass is 298 g/mol. The molecule has 1 aromatic carbocycles. The lowest BCUT2D eigenvalue weighted by atomic mass is 10.1. The Morgan fingerprint density at radius 3 is 2.74 bits per heavy atom. The van der Waals surface area contributed by atoms with E-state index in [0.29, 0.717) is 11.6 Å². The normalized spacial score (nSPS) is 11.7. The van der Waals surface area contributed by atoms with Crippen molar-refractivity contribution in [3.8, 4) is 11.1 Å². The Hall–Kier alpha value is -1.33. The van der Waals surface area contributed by atoms with E-state index in [9.17, 15) is 8.42 Å². The minimum absolute atomic E-state index is 0.104. The second-order valence-corrected chi connectivity index (χ2v) is 7.09. The van der Waals surface area contributed by atoms with Crippen LogP contribution in [0.4, 0.5) is 0 Å². The molecule has 0 spiro atoms. The van der Waals surface area contributed by atoms with Crippen molar-refractivity contribution in [3.63, 3.8) is 0 Å². The number of nitrogens with zero attached hydrogens (tertiary/aromatic N) is 2. The molecule has 19 heavy (non-hydrogen) atoms. The van der Waals surface area contributed by atoms with Gasteiger partial charge in [0.2, 0.25) is 0 Å². The third kappa shape index (κ3) is 3.58. The van der Waals surface area contributed by atoms with Crippen molar-refractivity contribution in [2.45, 2.75) is 13.5 Å². The summed E-state index contributed by atoms with van der Waals surface area (Å²) in [4.78, 5) is 0. The molecule has 102 valence electrons. The Morgan fingerprint density at radius 2 is 2.05 bits per heavy atom. The van der Waals surface area contributed by atoms with E-state index in [1.165, 1.54) is 0 Å². The topological polar surface area (TPSA) is 52.0 Å². The van der Waals surface area contributed by atoms with E-state index < -0.39 is 9.84 Å². The molecule has 0 bridgehead atoms. The van der Waals surface area contributed by atoms with Crippen LogP contribution in [0.3, 0.4) is 0 Å². The summed E-state index contributed by atoms with van der Waals surface area (Å²) in [5.41, 5.74) is 1.79. The largest absolute Gasteiger partial charge is 0.271 e. The molecule has 0 saturated heterocycles. The lowest BCUT2D eigenvalue weighted by Crippen LogP contribution is -2.14. The molecule has 0 N–H and O–H groups in total. The van der Waals surface area contributed by atoms with Gasteiger partial charge in [0.05, 0.1) is 18.5 Å². The van der Waals surface area contributed by atoms with Crippen molar-refractivity contribution in [1.29, 1.82) is 0 Å². The molecule has 0 aliphatic carbocycles. The van der Waals surface area contributed by atoms with Gasteiger partial charge in [0.25, 0.3) is 0 Å². The highest BCUT2D eigenvalue weighted by Crippen LogP contribution is 2.26. The Morgan fingerprint density at radius 1 is 1.32 bits per heavy atom. The highest BCUT2D eigenvalue weighted by molar-refractivity contribution is 7.91. The van der Waals surface area contributed by atoms with E-state index in [1.54, 1.807) is 17.8 Å². The molecule has 0 unspecified atom stereocenters. The number of hydrogen-bond donors (Lipinski definition) is 0. The van der Waals surface area contributed by atoms with Gasteiger partial charge in [-0.15, -0.1) is 0 Å². The molecule has 0 saturated carbocycles. The van der Waals surface area contributed by atoms with Crippen molar-refractivity contribution < 1.29 is 8.42 Å². The van der Waals surface area contributed by atoms with Crippen molar-refractivity contribution in [2.75, 3.05) is 11.5 Å². The van der Waals surface area contributed by atoms with Crippen LogP contribution in [0.15, 0.2) is 36.7 Å². The molecule has 6 heteroatoms. The smallest absolute Gasteiger partial charge is 0.151 e. The Labute approximate surface area is 117 Å². The van der Waals surface area contributed by atoms with Crippen LogP contribution in [-0.4, -0.2) is 29.7 Å². The average molecular weight is 299 g/mol. The van der Waals surface area contributed by atoms with Crippen molar-refractivity contribution >= 4 is 21.4 Å². The first-order chi connectivity index (χ1) is 9.02. The SMILES string of the molecule is CCS(=O)(=O)CCn1cc(-c2ccccc2Cl)cn1. The van der Waals surface area contributed by atoms with E-state index in [1.807, 2.05) is 30.5 Å². The van der Waals surface area contributed by atoms with Crippen molar-refractivity contribution in [2.24, 2.45) is 0 Å². The lowest BCUT2D eigenvalue weighted by Gasteiger charge is -2.02. The summed E-state index contributed by atoms with van der Waals surface area (Å²) in [7, 11) is -2.97. The lowest BCUT2D eigenvalue weighted by molar-refractivity contribution is 0.582. The Bertz CT molecular complexity index is 665. The maximum atomic E-state index is 11.4. The molecule has 1 heterocycles. The number of aryl methyl sites for hydroxylation is 1. The molecule has 0 fully saturated rings. The fourth-order valence-electron chi connectivity index (χ4n) is 1.70. The number of hydrogen-bond acceptors (Lipinski definition) is 3. The minimum atomic E-state index is -2.97. The zero-order valence-corrected chi connectivity index (χ0v) is 12.2. The van der Waals surface area contributed by atoms with Gasteiger partial charge in [-0.1, -0.05) is 36.7 Å². The second kappa shape index (κ2) is 5.75. The fourth-order valence-corrected chi connectivity index (χ4v) is 2.70. The van der Waals surface area contributed by atoms with Gasteiger partial charge >= 0.3 is 0 Å². The van der Waals surface area contributed by atoms with Crippen LogP contribution >= 0.6 is 11.6 Å². The summed E-state index contributed by atoms with van der Waals surface area (Å²) in [6.07, 6.45) is 3.51. The van der Waals surface area contributed by atoms with Gasteiger partial charge in [-0.25, -0.2) is 8.42 Å². The molecular weight excluding hydrogens is 284 g/mol. The van der Waals surface area contributed by atoms with Crippen LogP contribution < -0.4 is 0 Å². The summed E-state index contributed by atoms with van der Waals surface area (Å²) >= 11 is 6.11. The highest BCUT2D eigenvalue weighted by atomic mass is 35.5. The third-order valence-electron chi connectivity index (χ3n) is 2.89. The van der Waals surface area contributed by atoms with Gasteiger partial charge in [-0.2, -0.15) is 5.10 Å². The molecule has 0 atom stereocenters. The van der Waals surface area contributed by atoms with Gasteiger partial charge in [0, 0.05) is 28.1 Å². The van der Waals surface area contributed by atoms with Gasteiger partial charge < -0.3 is 0 Å². The predicted octanol–water partition coefficient (Wildman–Crippen LogP) is 2.64. The van der Waals surface area contributed by atoms with Crippen molar-refractivity contribution in [1.82, 2.24) is 9.78 Å². The van der Waals surface area contributed by atoms with E-state index >= 15 is 0 Å². The fraction of sp³-hybridized carbons (Fsp3) is 0.308. The van der Waals surface area contributed by atoms with Crippen molar-refractivity contribution in [3.05, 3.63) is 41.7 Å². The maximum absolute atomic E-state index is 11.4.